The lowest BCUT2D eigenvalue weighted by Crippen LogP contribution is -2.43. The van der Waals surface area contributed by atoms with Gasteiger partial charge in [0.15, 0.2) is 0 Å². The van der Waals surface area contributed by atoms with Crippen LogP contribution in [0.15, 0.2) is 18.2 Å². The lowest BCUT2D eigenvalue weighted by molar-refractivity contribution is -0.125. The Morgan fingerprint density at radius 3 is 2.39 bits per heavy atom. The van der Waals surface area contributed by atoms with Crippen LogP contribution in [0.4, 0.5) is 23.2 Å². The van der Waals surface area contributed by atoms with Crippen molar-refractivity contribution in [1.29, 1.82) is 5.41 Å². The van der Waals surface area contributed by atoms with E-state index in [1.807, 2.05) is 13.8 Å². The van der Waals surface area contributed by atoms with Gasteiger partial charge >= 0.3 is 12.3 Å². The molecule has 0 fully saturated rings. The van der Waals surface area contributed by atoms with Gasteiger partial charge < -0.3 is 16.5 Å². The highest BCUT2D eigenvalue weighted by Gasteiger charge is 2.40. The van der Waals surface area contributed by atoms with E-state index < -0.39 is 24.9 Å². The molecule has 0 bridgehead atoms. The molecule has 23 heavy (non-hydrogen) atoms. The number of anilines is 1. The number of nitrogens with two attached hydrogens (primary N) is 2. The Hall–Kier alpha value is -1.71. The largest absolute Gasteiger partial charge is 0.398 e. The maximum Gasteiger partial charge on any atom is 0.319 e. The lowest BCUT2D eigenvalue weighted by Gasteiger charge is -2.21. The molecule has 0 aliphatic heterocycles. The minimum Gasteiger partial charge on any atom is -0.398 e. The molecule has 1 aromatic carbocycles. The predicted octanol–water partition coefficient (Wildman–Crippen LogP) is 2.29. The number of halogens is 4. The maximum atomic E-state index is 12.8. The summed E-state index contributed by atoms with van der Waals surface area (Å²) >= 11 is 0. The standard InChI is InChI=1S/C12H17F4N5.C2H6/c13-11(14)12(15,16)6-20-5-10(21-19)7-1-2-9(18)8(3-7)4-17;1-2/h1-4,10-11,17,20-21H,5-6,18-19H2;1-2H3. The molecule has 7 N–H and O–H groups in total. The summed E-state index contributed by atoms with van der Waals surface area (Å²) in [6.45, 7) is 2.76. The van der Waals surface area contributed by atoms with Crippen LogP contribution >= 0.6 is 0 Å². The number of hydrogen-bond acceptors (Lipinski definition) is 5. The fourth-order valence-electron chi connectivity index (χ4n) is 1.67. The van der Waals surface area contributed by atoms with Crippen molar-refractivity contribution in [3.8, 4) is 0 Å². The van der Waals surface area contributed by atoms with Crippen molar-refractivity contribution < 1.29 is 17.6 Å². The van der Waals surface area contributed by atoms with Gasteiger partial charge in [0, 0.05) is 24.0 Å². The van der Waals surface area contributed by atoms with E-state index in [0.29, 0.717) is 16.8 Å². The minimum absolute atomic E-state index is 0.0832. The van der Waals surface area contributed by atoms with Gasteiger partial charge in [-0.05, 0) is 17.7 Å². The van der Waals surface area contributed by atoms with Gasteiger partial charge in [0.1, 0.15) is 0 Å². The molecule has 0 spiro atoms. The first-order chi connectivity index (χ1) is 10.8. The van der Waals surface area contributed by atoms with Gasteiger partial charge in [-0.25, -0.2) is 8.78 Å². The van der Waals surface area contributed by atoms with Crippen molar-refractivity contribution in [2.75, 3.05) is 18.8 Å². The molecule has 0 aliphatic carbocycles. The van der Waals surface area contributed by atoms with E-state index in [2.05, 4.69) is 10.7 Å². The zero-order chi connectivity index (χ0) is 18.0. The maximum absolute atomic E-state index is 12.8. The molecule has 0 amide bonds. The molecule has 0 aliphatic rings. The number of nitrogens with one attached hydrogen (secondary N) is 3. The SMILES string of the molecule is CC.N=Cc1cc(C(CNCC(F)(F)C(F)F)NN)ccc1N. The Morgan fingerprint density at radius 2 is 1.91 bits per heavy atom. The highest BCUT2D eigenvalue weighted by molar-refractivity contribution is 5.85. The van der Waals surface area contributed by atoms with Gasteiger partial charge in [-0.15, -0.1) is 0 Å². The van der Waals surface area contributed by atoms with Crippen LogP contribution in [0.1, 0.15) is 31.0 Å². The van der Waals surface area contributed by atoms with E-state index in [9.17, 15) is 17.6 Å². The third-order valence-electron chi connectivity index (χ3n) is 2.90. The molecule has 9 heteroatoms. The zero-order valence-corrected chi connectivity index (χ0v) is 13.0. The van der Waals surface area contributed by atoms with E-state index in [4.69, 9.17) is 17.0 Å². The van der Waals surface area contributed by atoms with Gasteiger partial charge in [0.2, 0.25) is 0 Å². The number of hydrogen-bond donors (Lipinski definition) is 5. The Balaban J connectivity index is 0.00000232. The summed E-state index contributed by atoms with van der Waals surface area (Å²) in [5.41, 5.74) is 9.46. The van der Waals surface area contributed by atoms with Crippen LogP contribution in [0, 0.1) is 5.41 Å². The summed E-state index contributed by atoms with van der Waals surface area (Å²) < 4.78 is 49.6. The minimum atomic E-state index is -4.10. The average Bonchev–Trinajstić information content (AvgIpc) is 2.54. The van der Waals surface area contributed by atoms with E-state index in [1.165, 1.54) is 0 Å². The molecule has 0 saturated carbocycles. The van der Waals surface area contributed by atoms with Crippen molar-refractivity contribution in [2.45, 2.75) is 32.2 Å². The normalized spacial score (nSPS) is 12.5. The lowest BCUT2D eigenvalue weighted by atomic mass is 10.0. The van der Waals surface area contributed by atoms with Gasteiger partial charge in [-0.2, -0.15) is 8.78 Å². The molecular weight excluding hydrogens is 314 g/mol. The summed E-state index contributed by atoms with van der Waals surface area (Å²) in [5, 5.41) is 9.44. The molecule has 5 nitrogen and oxygen atoms in total. The van der Waals surface area contributed by atoms with Crippen molar-refractivity contribution in [3.63, 3.8) is 0 Å². The summed E-state index contributed by atoms with van der Waals surface area (Å²) in [7, 11) is 0. The summed E-state index contributed by atoms with van der Waals surface area (Å²) in [6.07, 6.45) is -2.68. The Labute approximate surface area is 132 Å². The van der Waals surface area contributed by atoms with Crippen LogP contribution in [-0.2, 0) is 0 Å². The van der Waals surface area contributed by atoms with Gasteiger partial charge in [-0.3, -0.25) is 11.3 Å². The number of nitrogen functional groups attached to an aromatic ring is 1. The molecule has 1 unspecified atom stereocenters. The highest BCUT2D eigenvalue weighted by Crippen LogP contribution is 2.22. The van der Waals surface area contributed by atoms with Gasteiger partial charge in [0.25, 0.3) is 0 Å². The topological polar surface area (TPSA) is 100.0 Å². The molecule has 1 aromatic rings. The number of rotatable bonds is 8. The predicted molar refractivity (Wildman–Crippen MR) is 84.0 cm³/mol. The van der Waals surface area contributed by atoms with Crippen molar-refractivity contribution in [1.82, 2.24) is 10.7 Å². The van der Waals surface area contributed by atoms with Gasteiger partial charge in [0.05, 0.1) is 12.6 Å². The monoisotopic (exact) mass is 337 g/mol. The number of benzene rings is 1. The van der Waals surface area contributed by atoms with Crippen molar-refractivity contribution in [2.24, 2.45) is 5.84 Å². The second kappa shape index (κ2) is 10.1. The van der Waals surface area contributed by atoms with Crippen LogP contribution in [0.5, 0.6) is 0 Å². The molecule has 132 valence electrons. The fraction of sp³-hybridized carbons (Fsp3) is 0.500. The van der Waals surface area contributed by atoms with Crippen molar-refractivity contribution in [3.05, 3.63) is 29.3 Å². The molecule has 1 rings (SSSR count). The third-order valence-corrected chi connectivity index (χ3v) is 2.90. The summed E-state index contributed by atoms with van der Waals surface area (Å²) in [6, 6.07) is 4.14. The first kappa shape index (κ1) is 21.3. The van der Waals surface area contributed by atoms with Gasteiger partial charge in [-0.1, -0.05) is 19.9 Å². The van der Waals surface area contributed by atoms with E-state index in [1.54, 1.807) is 18.2 Å². The summed E-state index contributed by atoms with van der Waals surface area (Å²) in [4.78, 5) is 0. The van der Waals surface area contributed by atoms with Crippen LogP contribution < -0.4 is 22.3 Å². The quantitative estimate of drug-likeness (QED) is 0.165. The molecular formula is C14H23F4N5. The Kier molecular flexibility index (Phi) is 9.38. The fourth-order valence-corrected chi connectivity index (χ4v) is 1.67. The first-order valence-electron chi connectivity index (χ1n) is 7.04. The van der Waals surface area contributed by atoms with Crippen LogP contribution in [0.25, 0.3) is 0 Å². The molecule has 0 radical (unpaired) electrons. The van der Waals surface area contributed by atoms with Crippen LogP contribution in [0.2, 0.25) is 0 Å². The Morgan fingerprint density at radius 1 is 1.30 bits per heavy atom. The highest BCUT2D eigenvalue weighted by atomic mass is 19.3. The number of alkyl halides is 4. The number of hydrazine groups is 1. The second-order valence-corrected chi connectivity index (χ2v) is 4.44. The molecule has 0 heterocycles. The molecule has 1 atom stereocenters. The zero-order valence-electron chi connectivity index (χ0n) is 13.0. The van der Waals surface area contributed by atoms with Crippen LogP contribution in [0.3, 0.4) is 0 Å². The Bertz CT molecular complexity index is 482. The van der Waals surface area contributed by atoms with E-state index in [0.717, 1.165) is 6.21 Å². The summed E-state index contributed by atoms with van der Waals surface area (Å²) in [5.74, 6) is 1.23. The van der Waals surface area contributed by atoms with E-state index >= 15 is 0 Å². The first-order valence-corrected chi connectivity index (χ1v) is 7.04. The van der Waals surface area contributed by atoms with E-state index in [-0.39, 0.29) is 6.54 Å². The third kappa shape index (κ3) is 6.51. The van der Waals surface area contributed by atoms with Crippen molar-refractivity contribution >= 4 is 11.9 Å². The molecule has 0 saturated heterocycles. The average molecular weight is 337 g/mol. The van der Waals surface area contributed by atoms with Crippen LogP contribution in [-0.4, -0.2) is 31.7 Å². The molecule has 0 aromatic heterocycles. The smallest absolute Gasteiger partial charge is 0.319 e. The second-order valence-electron chi connectivity index (χ2n) is 4.44.